The number of ether oxygens (including phenoxy) is 5. The van der Waals surface area contributed by atoms with Crippen LogP contribution in [0.15, 0.2) is 106 Å². The molecule has 1 aliphatic heterocycles. The molecule has 0 aliphatic carbocycles. The summed E-state index contributed by atoms with van der Waals surface area (Å²) in [6.45, 7) is 2.79. The van der Waals surface area contributed by atoms with Crippen LogP contribution in [0.2, 0.25) is 0 Å². The first-order valence-corrected chi connectivity index (χ1v) is 14.0. The van der Waals surface area contributed by atoms with Crippen LogP contribution in [0.4, 0.5) is 0 Å². The second kappa shape index (κ2) is 12.9. The second-order valence-electron chi connectivity index (χ2n) is 9.19. The molecule has 0 amide bonds. The number of benzene rings is 4. The van der Waals surface area contributed by atoms with Crippen LogP contribution < -0.4 is 14.2 Å². The predicted octanol–water partition coefficient (Wildman–Crippen LogP) is 6.25. The molecule has 2 atom stereocenters. The van der Waals surface area contributed by atoms with Crippen molar-refractivity contribution in [3.05, 3.63) is 113 Å². The minimum absolute atomic E-state index is 0.0324. The first-order valence-electron chi connectivity index (χ1n) is 12.9. The fourth-order valence-electron chi connectivity index (χ4n) is 4.35. The lowest BCUT2D eigenvalue weighted by atomic mass is 10.1. The first kappa shape index (κ1) is 27.6. The van der Waals surface area contributed by atoms with Gasteiger partial charge < -0.3 is 28.2 Å². The van der Waals surface area contributed by atoms with Gasteiger partial charge in [-0.2, -0.15) is 0 Å². The summed E-state index contributed by atoms with van der Waals surface area (Å²) in [5, 5.41) is 0. The lowest BCUT2D eigenvalue weighted by molar-refractivity contribution is 0.00240. The average Bonchev–Trinajstić information content (AvgIpc) is 3.50. The van der Waals surface area contributed by atoms with Gasteiger partial charge in [-0.25, -0.2) is 4.99 Å². The summed E-state index contributed by atoms with van der Waals surface area (Å²) in [7, 11) is 3.15. The maximum atomic E-state index is 13.4. The molecular weight excluding hydrogens is 526 g/mol. The van der Waals surface area contributed by atoms with E-state index in [9.17, 15) is 4.55 Å². The Labute approximate surface area is 237 Å². The van der Waals surface area contributed by atoms with E-state index in [0.29, 0.717) is 46.8 Å². The first-order chi connectivity index (χ1) is 19.6. The molecule has 1 unspecified atom stereocenters. The molecule has 0 radical (unpaired) electrons. The molecule has 1 aliphatic rings. The molecule has 0 N–H and O–H groups in total. The molecule has 4 aromatic rings. The molecule has 0 aromatic heterocycles. The minimum Gasteiger partial charge on any atom is -0.606 e. The van der Waals surface area contributed by atoms with Crippen LogP contribution >= 0.6 is 0 Å². The molecule has 8 heteroatoms. The molecule has 4 aromatic carbocycles. The molecule has 7 nitrogen and oxygen atoms in total. The molecule has 0 fully saturated rings. The minimum atomic E-state index is -1.38. The third-order valence-electron chi connectivity index (χ3n) is 6.47. The number of aliphatic imine (C=N–C) groups is 1. The van der Waals surface area contributed by atoms with Crippen molar-refractivity contribution in [3.63, 3.8) is 0 Å². The third-order valence-corrected chi connectivity index (χ3v) is 7.92. The number of aryl methyl sites for hydroxylation is 1. The van der Waals surface area contributed by atoms with Crippen LogP contribution in [0.3, 0.4) is 0 Å². The van der Waals surface area contributed by atoms with E-state index in [1.54, 1.807) is 14.2 Å². The summed E-state index contributed by atoms with van der Waals surface area (Å²) in [6.07, 6.45) is 0. The largest absolute Gasteiger partial charge is 0.606 e. The average molecular weight is 558 g/mol. The smallest absolute Gasteiger partial charge is 0.222 e. The van der Waals surface area contributed by atoms with Gasteiger partial charge in [0.05, 0.1) is 26.4 Å². The number of methoxy groups -OCH3 is 2. The summed E-state index contributed by atoms with van der Waals surface area (Å²) in [6, 6.07) is 28.5. The monoisotopic (exact) mass is 557 g/mol. The summed E-state index contributed by atoms with van der Waals surface area (Å²) < 4.78 is 42.3. The van der Waals surface area contributed by atoms with Crippen molar-refractivity contribution in [2.24, 2.45) is 4.99 Å². The normalized spacial score (nSPS) is 15.2. The van der Waals surface area contributed by atoms with Crippen molar-refractivity contribution in [2.45, 2.75) is 29.4 Å². The lowest BCUT2D eigenvalue weighted by Gasteiger charge is -2.17. The van der Waals surface area contributed by atoms with Gasteiger partial charge in [-0.05, 0) is 54.4 Å². The Morgan fingerprint density at radius 1 is 0.900 bits per heavy atom. The van der Waals surface area contributed by atoms with Crippen LogP contribution in [-0.2, 0) is 27.3 Å². The summed E-state index contributed by atoms with van der Waals surface area (Å²) in [5.41, 5.74) is 3.72. The van der Waals surface area contributed by atoms with Crippen LogP contribution in [-0.4, -0.2) is 38.1 Å². The van der Waals surface area contributed by atoms with Gasteiger partial charge in [0.2, 0.25) is 11.6 Å². The quantitative estimate of drug-likeness (QED) is 0.123. The van der Waals surface area contributed by atoms with Crippen molar-refractivity contribution in [3.8, 4) is 17.2 Å². The van der Waals surface area contributed by atoms with E-state index >= 15 is 0 Å². The van der Waals surface area contributed by atoms with Crippen molar-refractivity contribution >= 4 is 17.1 Å². The molecule has 1 heterocycles. The van der Waals surface area contributed by atoms with Gasteiger partial charge in [0.1, 0.15) is 12.6 Å². The molecule has 0 saturated carbocycles. The highest BCUT2D eigenvalue weighted by atomic mass is 32.2. The molecular formula is C32H31NO6S. The zero-order valence-corrected chi connectivity index (χ0v) is 23.5. The Hall–Kier alpha value is -3.98. The summed E-state index contributed by atoms with van der Waals surface area (Å²) in [4.78, 5) is 6.23. The van der Waals surface area contributed by atoms with E-state index in [0.717, 1.165) is 21.6 Å². The molecule has 0 bridgehead atoms. The van der Waals surface area contributed by atoms with Gasteiger partial charge in [0, 0.05) is 11.2 Å². The van der Waals surface area contributed by atoms with Crippen molar-refractivity contribution < 1.29 is 28.2 Å². The Balaban J connectivity index is 1.34. The molecule has 40 heavy (non-hydrogen) atoms. The van der Waals surface area contributed by atoms with Crippen LogP contribution in [0.1, 0.15) is 28.3 Å². The number of hydrogen-bond acceptors (Lipinski definition) is 7. The van der Waals surface area contributed by atoms with Gasteiger partial charge in [-0.1, -0.05) is 60.2 Å². The SMILES string of the molecule is COc1cc([C@H]2COC(c3ccccc3[S+]([O-])c3ccc(C)cc3)=N2)cc(OC)c1OCOCc1ccccc1. The lowest BCUT2D eigenvalue weighted by Crippen LogP contribution is -2.11. The predicted molar refractivity (Wildman–Crippen MR) is 154 cm³/mol. The highest BCUT2D eigenvalue weighted by Gasteiger charge is 2.29. The maximum absolute atomic E-state index is 13.4. The molecule has 0 saturated heterocycles. The van der Waals surface area contributed by atoms with Crippen molar-refractivity contribution in [1.29, 1.82) is 0 Å². The van der Waals surface area contributed by atoms with Gasteiger partial charge in [-0.3, -0.25) is 0 Å². The van der Waals surface area contributed by atoms with Crippen LogP contribution in [0.5, 0.6) is 17.2 Å². The fraction of sp³-hybridized carbons (Fsp3) is 0.219. The fourth-order valence-corrected chi connectivity index (χ4v) is 5.55. The highest BCUT2D eigenvalue weighted by molar-refractivity contribution is 7.91. The number of nitrogens with zero attached hydrogens (tertiary/aromatic N) is 1. The molecule has 5 rings (SSSR count). The van der Waals surface area contributed by atoms with E-state index < -0.39 is 11.2 Å². The van der Waals surface area contributed by atoms with Gasteiger partial charge >= 0.3 is 0 Å². The third kappa shape index (κ3) is 6.25. The number of rotatable bonds is 11. The zero-order valence-electron chi connectivity index (χ0n) is 22.7. The van der Waals surface area contributed by atoms with Gasteiger partial charge in [0.25, 0.3) is 0 Å². The summed E-state index contributed by atoms with van der Waals surface area (Å²) >= 11 is -1.38. The highest BCUT2D eigenvalue weighted by Crippen LogP contribution is 2.42. The molecule has 206 valence electrons. The number of hydrogen-bond donors (Lipinski definition) is 0. The molecule has 0 spiro atoms. The zero-order chi connectivity index (χ0) is 27.9. The summed E-state index contributed by atoms with van der Waals surface area (Å²) in [5.74, 6) is 1.90. The van der Waals surface area contributed by atoms with Crippen molar-refractivity contribution in [1.82, 2.24) is 0 Å². The topological polar surface area (TPSA) is 81.6 Å². The van der Waals surface area contributed by atoms with Crippen molar-refractivity contribution in [2.75, 3.05) is 27.6 Å². The standard InChI is InChI=1S/C32H31NO6S/c1-22-13-15-25(16-14-22)40(34)30-12-8-7-11-26(30)32-33-27(20-38-32)24-17-28(35-2)31(29(18-24)36-3)39-21-37-19-23-9-5-4-6-10-23/h4-18,27H,19-21H2,1-3H3/t27-,40?/m1/s1. The Morgan fingerprint density at radius 3 is 2.27 bits per heavy atom. The van der Waals surface area contributed by atoms with E-state index in [2.05, 4.69) is 0 Å². The van der Waals surface area contributed by atoms with E-state index in [1.807, 2.05) is 97.9 Å². The Bertz CT molecular complexity index is 1430. The van der Waals surface area contributed by atoms with Gasteiger partial charge in [0.15, 0.2) is 28.1 Å². The van der Waals surface area contributed by atoms with E-state index in [-0.39, 0.29) is 12.8 Å². The van der Waals surface area contributed by atoms with Crippen LogP contribution in [0.25, 0.3) is 0 Å². The van der Waals surface area contributed by atoms with E-state index in [1.165, 1.54) is 0 Å². The Kier molecular flexibility index (Phi) is 8.91. The van der Waals surface area contributed by atoms with Gasteiger partial charge in [-0.15, -0.1) is 0 Å². The second-order valence-corrected chi connectivity index (χ2v) is 10.6. The maximum Gasteiger partial charge on any atom is 0.222 e. The Morgan fingerprint density at radius 2 is 1.57 bits per heavy atom. The van der Waals surface area contributed by atoms with Crippen LogP contribution in [0, 0.1) is 6.92 Å². The van der Waals surface area contributed by atoms with E-state index in [4.69, 9.17) is 28.7 Å².